The number of carbonyl (C=O) groups excluding carboxylic acids is 4. The zero-order valence-electron chi connectivity index (χ0n) is 12.6. The summed E-state index contributed by atoms with van der Waals surface area (Å²) >= 11 is -7.72. The van der Waals surface area contributed by atoms with Crippen LogP contribution >= 0.6 is 0 Å². The molecule has 3 heterocycles. The predicted octanol–water partition coefficient (Wildman–Crippen LogP) is -12.7. The van der Waals surface area contributed by atoms with Crippen molar-refractivity contribution in [2.45, 2.75) is 24.4 Å². The molecule has 0 aliphatic carbocycles. The zero-order valence-corrected chi connectivity index (χ0v) is 24.0. The standard InChI is InChI=1S/2C4H4O6.2K.H2O.2Sb/c2*5-1(3(7)8)2(6)4(9)10;;;;;/h2*1-2H,(H,7,8)(H,9,10);;;1H2;;/q2*-2;2*+1;;2*+3/p-4. The molecule has 0 aromatic carbocycles. The summed E-state index contributed by atoms with van der Waals surface area (Å²) in [5, 5.41) is 22.1. The topological polar surface area (TPSA) is 201 Å². The summed E-state index contributed by atoms with van der Waals surface area (Å²) in [4.78, 5) is 45.3. The smallest absolute Gasteiger partial charge is 1.00 e. The van der Waals surface area contributed by atoms with Crippen LogP contribution in [-0.2, 0) is 37.3 Å². The molecule has 0 radical (unpaired) electrons. The number of hydrogen-bond donors (Lipinski definition) is 0. The fourth-order valence-electron chi connectivity index (χ4n) is 1.65. The van der Waals surface area contributed by atoms with Crippen LogP contribution < -0.4 is 113 Å². The van der Waals surface area contributed by atoms with E-state index in [9.17, 15) is 29.4 Å². The summed E-state index contributed by atoms with van der Waals surface area (Å²) in [6.45, 7) is 0. The van der Waals surface area contributed by atoms with E-state index in [0.29, 0.717) is 0 Å². The fraction of sp³-hybridized carbons (Fsp3) is 0.500. The van der Waals surface area contributed by atoms with E-state index in [-0.39, 0.29) is 108 Å². The van der Waals surface area contributed by atoms with Gasteiger partial charge in [-0.2, -0.15) is 0 Å². The van der Waals surface area contributed by atoms with Gasteiger partial charge >= 0.3 is 241 Å². The summed E-state index contributed by atoms with van der Waals surface area (Å²) in [6.07, 6.45) is -7.20. The molecule has 25 heavy (non-hydrogen) atoms. The van der Waals surface area contributed by atoms with Crippen molar-refractivity contribution in [3.63, 3.8) is 0 Å². The average Bonchev–Trinajstić information content (AvgIpc) is 2.95. The fourth-order valence-corrected chi connectivity index (χ4v) is 8.21. The minimum absolute atomic E-state index is 0. The van der Waals surface area contributed by atoms with Gasteiger partial charge in [0, 0.05) is 0 Å². The molecule has 17 heteroatoms. The van der Waals surface area contributed by atoms with Crippen molar-refractivity contribution in [1.82, 2.24) is 0 Å². The summed E-state index contributed by atoms with van der Waals surface area (Å²) in [6, 6.07) is 0. The van der Waals surface area contributed by atoms with E-state index in [0.717, 1.165) is 0 Å². The van der Waals surface area contributed by atoms with Gasteiger partial charge in [-0.25, -0.2) is 0 Å². The van der Waals surface area contributed by atoms with Crippen LogP contribution in [-0.4, -0.2) is 96.7 Å². The molecule has 3 aliphatic heterocycles. The van der Waals surface area contributed by atoms with Crippen LogP contribution in [0.5, 0.6) is 0 Å². The molecule has 3 fully saturated rings. The Kier molecular flexibility index (Phi) is 12.9. The Hall–Kier alpha value is 2.59. The molecule has 4 atom stereocenters. The maximum absolute atomic E-state index is 11.6. The number of aliphatic carboxylic acids is 2. The number of fused-ring (bicyclic) bond motifs is 4. The summed E-state index contributed by atoms with van der Waals surface area (Å²) in [5.74, 6) is -5.76. The quantitative estimate of drug-likeness (QED) is 0.261. The van der Waals surface area contributed by atoms with E-state index in [1.165, 1.54) is 0 Å². The van der Waals surface area contributed by atoms with Crippen LogP contribution in [0.2, 0.25) is 0 Å². The SMILES string of the molecule is O.O=C([O-])C1[O][Sb]2[O]C(=O)C([O]2)C(C(=O)[O-])[O][Sb]2[O]C(=O)C1[O]2.[K+].[K+]. The number of rotatable bonds is 2. The first kappa shape index (κ1) is 27.6. The molecule has 2 N–H and O–H groups in total. The molecule has 0 aromatic rings. The third kappa shape index (κ3) is 6.28. The molecule has 0 amide bonds. The van der Waals surface area contributed by atoms with E-state index in [2.05, 4.69) is 0 Å². The van der Waals surface area contributed by atoms with Gasteiger partial charge in [0.05, 0.1) is 0 Å². The van der Waals surface area contributed by atoms with Crippen molar-refractivity contribution >= 4 is 66.8 Å². The first-order chi connectivity index (χ1) is 10.4. The van der Waals surface area contributed by atoms with Crippen molar-refractivity contribution < 1.29 is 156 Å². The van der Waals surface area contributed by atoms with Crippen LogP contribution in [0.4, 0.5) is 0 Å². The number of hydrogen-bond acceptors (Lipinski definition) is 12. The molecule has 0 saturated carbocycles. The average molecular weight is 632 g/mol. The largest absolute Gasteiger partial charge is 1.00 e. The van der Waals surface area contributed by atoms with Gasteiger partial charge in [-0.1, -0.05) is 0 Å². The Labute approximate surface area is 241 Å². The van der Waals surface area contributed by atoms with E-state index in [4.69, 9.17) is 18.1 Å². The molecular weight excluding hydrogens is 626 g/mol. The molecule has 0 spiro atoms. The van der Waals surface area contributed by atoms with Gasteiger partial charge < -0.3 is 5.48 Å². The number of carboxylic acid groups (broad SMARTS) is 2. The maximum atomic E-state index is 11.6. The van der Waals surface area contributed by atoms with Crippen molar-refractivity contribution in [2.75, 3.05) is 0 Å². The van der Waals surface area contributed by atoms with Crippen molar-refractivity contribution in [2.24, 2.45) is 0 Å². The molecule has 13 nitrogen and oxygen atoms in total. The normalized spacial score (nSPS) is 31.5. The van der Waals surface area contributed by atoms with Crippen LogP contribution in [0, 0.1) is 0 Å². The van der Waals surface area contributed by atoms with Crippen LogP contribution in [0.25, 0.3) is 0 Å². The van der Waals surface area contributed by atoms with Crippen molar-refractivity contribution in [3.8, 4) is 0 Å². The second-order valence-electron chi connectivity index (χ2n) is 4.01. The number of carbonyl (C=O) groups is 4. The minimum atomic E-state index is -3.86. The third-order valence-corrected chi connectivity index (χ3v) is 9.04. The monoisotopic (exact) mass is 630 g/mol. The van der Waals surface area contributed by atoms with Crippen LogP contribution in [0.15, 0.2) is 0 Å². The summed E-state index contributed by atoms with van der Waals surface area (Å²) in [7, 11) is 0. The van der Waals surface area contributed by atoms with Gasteiger partial charge in [0.15, 0.2) is 0 Å². The summed E-state index contributed by atoms with van der Waals surface area (Å²) < 4.78 is 29.4. The molecule has 4 unspecified atom stereocenters. The first-order valence-electron chi connectivity index (χ1n) is 5.49. The van der Waals surface area contributed by atoms with Gasteiger partial charge in [0.2, 0.25) is 0 Å². The Morgan fingerprint density at radius 3 is 1.36 bits per heavy atom. The first-order valence-corrected chi connectivity index (χ1v) is 11.7. The predicted molar refractivity (Wildman–Crippen MR) is 56.8 cm³/mol. The molecule has 3 rings (SSSR count). The van der Waals surface area contributed by atoms with Gasteiger partial charge in [0.1, 0.15) is 0 Å². The van der Waals surface area contributed by atoms with Gasteiger partial charge in [-0.15, -0.1) is 0 Å². The molecule has 3 aliphatic rings. The Morgan fingerprint density at radius 1 is 0.760 bits per heavy atom. The van der Waals surface area contributed by atoms with Crippen LogP contribution in [0.1, 0.15) is 0 Å². The van der Waals surface area contributed by atoms with Crippen molar-refractivity contribution in [3.05, 3.63) is 0 Å². The Morgan fingerprint density at radius 2 is 1.08 bits per heavy atom. The maximum Gasteiger partial charge on any atom is 1.00 e. The molecule has 4 bridgehead atoms. The Bertz CT molecular complexity index is 512. The van der Waals surface area contributed by atoms with Gasteiger partial charge in [-0.05, 0) is 0 Å². The minimum Gasteiger partial charge on any atom is 1.00 e. The van der Waals surface area contributed by atoms with Crippen LogP contribution in [0.3, 0.4) is 0 Å². The van der Waals surface area contributed by atoms with E-state index < -0.39 is 91.2 Å². The number of carboxylic acids is 2. The molecule has 0 aromatic heterocycles. The third-order valence-electron chi connectivity index (χ3n) is 2.61. The molecule has 128 valence electrons. The van der Waals surface area contributed by atoms with E-state index >= 15 is 0 Å². The van der Waals surface area contributed by atoms with Gasteiger partial charge in [-0.3, -0.25) is 0 Å². The van der Waals surface area contributed by atoms with Gasteiger partial charge in [0.25, 0.3) is 0 Å². The molecule has 3 saturated heterocycles. The van der Waals surface area contributed by atoms with E-state index in [1.54, 1.807) is 0 Å². The second kappa shape index (κ2) is 11.7. The van der Waals surface area contributed by atoms with Crippen molar-refractivity contribution in [1.29, 1.82) is 0 Å². The second-order valence-corrected chi connectivity index (χ2v) is 10.0. The van der Waals surface area contributed by atoms with E-state index in [1.807, 2.05) is 0 Å². The Balaban J connectivity index is 0.00000192. The summed E-state index contributed by atoms with van der Waals surface area (Å²) in [5.41, 5.74) is 0. The zero-order chi connectivity index (χ0) is 16.0. The molecular formula is C8H6K2O13Sb2.